The van der Waals surface area contributed by atoms with Gasteiger partial charge in [0.1, 0.15) is 0 Å². The van der Waals surface area contributed by atoms with Crippen molar-refractivity contribution in [3.05, 3.63) is 29.8 Å². The van der Waals surface area contributed by atoms with Crippen molar-refractivity contribution in [3.8, 4) is 0 Å². The molecule has 1 fully saturated rings. The predicted molar refractivity (Wildman–Crippen MR) is 75.5 cm³/mol. The largest absolute Gasteiger partial charge is 0.369 e. The van der Waals surface area contributed by atoms with Gasteiger partial charge in [-0.1, -0.05) is 18.2 Å². The zero-order valence-electron chi connectivity index (χ0n) is 11.4. The number of rotatable bonds is 5. The average molecular weight is 297 g/mol. The number of aryl methyl sites for hydroxylation is 1. The van der Waals surface area contributed by atoms with Gasteiger partial charge >= 0.3 is 0 Å². The van der Waals surface area contributed by atoms with Gasteiger partial charge in [0.15, 0.2) is 0 Å². The zero-order chi connectivity index (χ0) is 14.8. The second-order valence-electron chi connectivity index (χ2n) is 4.93. The second-order valence-corrected chi connectivity index (χ2v) is 6.79. The summed E-state index contributed by atoms with van der Waals surface area (Å²) in [5.74, 6) is -0.644. The smallest absolute Gasteiger partial charge is 0.244 e. The first-order valence-electron chi connectivity index (χ1n) is 6.49. The fourth-order valence-corrected chi connectivity index (χ4v) is 4.27. The lowest BCUT2D eigenvalue weighted by Gasteiger charge is -2.27. The van der Waals surface area contributed by atoms with Crippen molar-refractivity contribution in [2.24, 2.45) is 5.73 Å². The molecule has 1 atom stereocenters. The molecule has 7 heteroatoms. The van der Waals surface area contributed by atoms with Crippen molar-refractivity contribution in [2.45, 2.75) is 24.3 Å². The molecule has 0 spiro atoms. The summed E-state index contributed by atoms with van der Waals surface area (Å²) in [6.07, 6.45) is 0.679. The minimum Gasteiger partial charge on any atom is -0.369 e. The van der Waals surface area contributed by atoms with Crippen LogP contribution in [-0.2, 0) is 14.8 Å². The van der Waals surface area contributed by atoms with Gasteiger partial charge in [-0.15, -0.1) is 0 Å². The average Bonchev–Trinajstić information content (AvgIpc) is 2.89. The van der Waals surface area contributed by atoms with Crippen LogP contribution in [0.15, 0.2) is 29.2 Å². The lowest BCUT2D eigenvalue weighted by molar-refractivity contribution is -0.118. The third kappa shape index (κ3) is 3.00. The number of nitrogens with zero attached hydrogens (tertiary/aromatic N) is 1. The van der Waals surface area contributed by atoms with Crippen LogP contribution in [0.4, 0.5) is 0 Å². The van der Waals surface area contributed by atoms with Gasteiger partial charge in [-0.05, 0) is 31.5 Å². The second kappa shape index (κ2) is 5.90. The molecule has 0 bridgehead atoms. The monoisotopic (exact) mass is 297 g/mol. The molecule has 1 heterocycles. The van der Waals surface area contributed by atoms with Crippen molar-refractivity contribution in [1.82, 2.24) is 9.62 Å². The van der Waals surface area contributed by atoms with Gasteiger partial charge < -0.3 is 11.1 Å². The Morgan fingerprint density at radius 3 is 2.70 bits per heavy atom. The first-order valence-corrected chi connectivity index (χ1v) is 7.93. The molecule has 0 radical (unpaired) electrons. The summed E-state index contributed by atoms with van der Waals surface area (Å²) in [5, 5.41) is 3.11. The first-order chi connectivity index (χ1) is 9.43. The third-order valence-electron chi connectivity index (χ3n) is 3.43. The summed E-state index contributed by atoms with van der Waals surface area (Å²) in [6.45, 7) is 2.73. The number of hydrogen-bond donors (Lipinski definition) is 2. The number of carbonyl (C=O) groups excluding carboxylic acids is 1. The number of carbonyl (C=O) groups is 1. The third-order valence-corrected chi connectivity index (χ3v) is 5.49. The van der Waals surface area contributed by atoms with E-state index < -0.39 is 15.9 Å². The molecular formula is C13H19N3O3S. The van der Waals surface area contributed by atoms with Crippen LogP contribution in [0.3, 0.4) is 0 Å². The van der Waals surface area contributed by atoms with E-state index in [0.717, 1.165) is 6.54 Å². The van der Waals surface area contributed by atoms with Gasteiger partial charge in [-0.3, -0.25) is 4.79 Å². The van der Waals surface area contributed by atoms with Crippen molar-refractivity contribution in [1.29, 1.82) is 0 Å². The molecule has 3 N–H and O–H groups in total. The zero-order valence-corrected chi connectivity index (χ0v) is 12.2. The van der Waals surface area contributed by atoms with Crippen LogP contribution >= 0.6 is 0 Å². The van der Waals surface area contributed by atoms with Gasteiger partial charge in [0.25, 0.3) is 0 Å². The number of nitrogens with two attached hydrogens (primary N) is 1. The highest BCUT2D eigenvalue weighted by Gasteiger charge is 2.34. The molecule has 1 aromatic rings. The Morgan fingerprint density at radius 1 is 1.45 bits per heavy atom. The fourth-order valence-electron chi connectivity index (χ4n) is 2.42. The van der Waals surface area contributed by atoms with E-state index in [0.29, 0.717) is 18.5 Å². The van der Waals surface area contributed by atoms with Crippen molar-refractivity contribution in [3.63, 3.8) is 0 Å². The van der Waals surface area contributed by atoms with E-state index in [1.54, 1.807) is 31.2 Å². The lowest BCUT2D eigenvalue weighted by Crippen LogP contribution is -2.46. The highest BCUT2D eigenvalue weighted by atomic mass is 32.2. The molecule has 20 heavy (non-hydrogen) atoms. The maximum absolute atomic E-state index is 12.8. The minimum absolute atomic E-state index is 0.230. The molecule has 0 saturated carbocycles. The Morgan fingerprint density at radius 2 is 2.15 bits per heavy atom. The SMILES string of the molecule is Cc1ccccc1S(=O)(=O)N(CC(N)=O)C1CCNC1. The Bertz CT molecular complexity index is 595. The summed E-state index contributed by atoms with van der Waals surface area (Å²) in [4.78, 5) is 11.5. The van der Waals surface area contributed by atoms with E-state index in [2.05, 4.69) is 5.32 Å². The van der Waals surface area contributed by atoms with Gasteiger partial charge in [-0.2, -0.15) is 4.31 Å². The molecule has 2 rings (SSSR count). The number of primary amides is 1. The number of hydrogen-bond acceptors (Lipinski definition) is 4. The van der Waals surface area contributed by atoms with Crippen molar-refractivity contribution >= 4 is 15.9 Å². The van der Waals surface area contributed by atoms with Crippen LogP contribution in [0.25, 0.3) is 0 Å². The van der Waals surface area contributed by atoms with Gasteiger partial charge in [-0.25, -0.2) is 8.42 Å². The highest BCUT2D eigenvalue weighted by molar-refractivity contribution is 7.89. The highest BCUT2D eigenvalue weighted by Crippen LogP contribution is 2.23. The molecule has 1 saturated heterocycles. The maximum atomic E-state index is 12.8. The molecular weight excluding hydrogens is 278 g/mol. The number of amides is 1. The molecule has 1 unspecified atom stereocenters. The minimum atomic E-state index is -3.72. The Kier molecular flexibility index (Phi) is 4.42. The van der Waals surface area contributed by atoms with Gasteiger partial charge in [0.05, 0.1) is 11.4 Å². The van der Waals surface area contributed by atoms with E-state index in [9.17, 15) is 13.2 Å². The van der Waals surface area contributed by atoms with Crippen LogP contribution in [-0.4, -0.2) is 44.3 Å². The van der Waals surface area contributed by atoms with E-state index in [1.807, 2.05) is 0 Å². The molecule has 0 aliphatic carbocycles. The van der Waals surface area contributed by atoms with E-state index in [1.165, 1.54) is 4.31 Å². The summed E-state index contributed by atoms with van der Waals surface area (Å²) in [5.41, 5.74) is 5.87. The molecule has 1 aromatic carbocycles. The van der Waals surface area contributed by atoms with Crippen LogP contribution < -0.4 is 11.1 Å². The lowest BCUT2D eigenvalue weighted by atomic mass is 10.2. The standard InChI is InChI=1S/C13H19N3O3S/c1-10-4-2-3-5-12(10)20(18,19)16(9-13(14)17)11-6-7-15-8-11/h2-5,11,15H,6-9H2,1H3,(H2,14,17). The molecule has 0 aromatic heterocycles. The van der Waals surface area contributed by atoms with Gasteiger partial charge in [0, 0.05) is 12.6 Å². The van der Waals surface area contributed by atoms with E-state index >= 15 is 0 Å². The van der Waals surface area contributed by atoms with Gasteiger partial charge in [0.2, 0.25) is 15.9 Å². The number of benzene rings is 1. The summed E-state index contributed by atoms with van der Waals surface area (Å²) in [6, 6.07) is 6.52. The fraction of sp³-hybridized carbons (Fsp3) is 0.462. The predicted octanol–water partition coefficient (Wildman–Crippen LogP) is -0.167. The molecule has 1 aliphatic heterocycles. The summed E-state index contributed by atoms with van der Waals surface area (Å²) in [7, 11) is -3.72. The Labute approximate surface area is 119 Å². The Balaban J connectivity index is 2.41. The quantitative estimate of drug-likeness (QED) is 0.789. The van der Waals surface area contributed by atoms with Crippen molar-refractivity contribution < 1.29 is 13.2 Å². The van der Waals surface area contributed by atoms with Crippen LogP contribution in [0, 0.1) is 6.92 Å². The summed E-state index contributed by atoms with van der Waals surface area (Å²) >= 11 is 0. The van der Waals surface area contributed by atoms with Crippen molar-refractivity contribution in [2.75, 3.05) is 19.6 Å². The molecule has 1 amide bonds. The summed E-state index contributed by atoms with van der Waals surface area (Å²) < 4.78 is 26.8. The Hall–Kier alpha value is -1.44. The van der Waals surface area contributed by atoms with Crippen LogP contribution in [0.5, 0.6) is 0 Å². The normalized spacial score (nSPS) is 19.4. The van der Waals surface area contributed by atoms with E-state index in [-0.39, 0.29) is 17.5 Å². The van der Waals surface area contributed by atoms with E-state index in [4.69, 9.17) is 5.73 Å². The molecule has 1 aliphatic rings. The topological polar surface area (TPSA) is 92.5 Å². The van der Waals surface area contributed by atoms with Crippen LogP contribution in [0.2, 0.25) is 0 Å². The number of nitrogens with one attached hydrogen (secondary N) is 1. The maximum Gasteiger partial charge on any atom is 0.244 e. The first kappa shape index (κ1) is 15.0. The molecule has 6 nitrogen and oxygen atoms in total. The molecule has 110 valence electrons. The number of sulfonamides is 1. The van der Waals surface area contributed by atoms with Crippen LogP contribution in [0.1, 0.15) is 12.0 Å².